The van der Waals surface area contributed by atoms with Crippen molar-refractivity contribution in [1.29, 1.82) is 0 Å². The Morgan fingerprint density at radius 1 is 0.913 bits per heavy atom. The molecule has 118 valence electrons. The Hall–Kier alpha value is -2.15. The summed E-state index contributed by atoms with van der Waals surface area (Å²) in [6.07, 6.45) is 1.10. The number of hydrogen-bond donors (Lipinski definition) is 0. The van der Waals surface area contributed by atoms with Crippen molar-refractivity contribution in [1.82, 2.24) is 4.98 Å². The highest BCUT2D eigenvalue weighted by molar-refractivity contribution is 5.82. The van der Waals surface area contributed by atoms with Crippen LogP contribution >= 0.6 is 0 Å². The lowest BCUT2D eigenvalue weighted by molar-refractivity contribution is 0.648. The average molecular weight is 303 g/mol. The lowest BCUT2D eigenvalue weighted by Crippen LogP contribution is -1.95. The largest absolute Gasteiger partial charge is 0.248 e. The molecular formula is C22H25N. The van der Waals surface area contributed by atoms with E-state index in [9.17, 15) is 0 Å². The van der Waals surface area contributed by atoms with E-state index in [1.165, 1.54) is 33.2 Å². The molecule has 1 heteroatoms. The van der Waals surface area contributed by atoms with Gasteiger partial charge in [0.25, 0.3) is 0 Å². The minimum Gasteiger partial charge on any atom is -0.248 e. The first-order chi connectivity index (χ1) is 10.9. The summed E-state index contributed by atoms with van der Waals surface area (Å²) in [4.78, 5) is 4.96. The van der Waals surface area contributed by atoms with E-state index < -0.39 is 0 Å². The van der Waals surface area contributed by atoms with Crippen molar-refractivity contribution in [3.8, 4) is 11.3 Å². The predicted octanol–water partition coefficient (Wildman–Crippen LogP) is 6.03. The van der Waals surface area contributed by atoms with Crippen LogP contribution in [0.2, 0.25) is 0 Å². The fourth-order valence-electron chi connectivity index (χ4n) is 3.22. The molecule has 0 saturated carbocycles. The van der Waals surface area contributed by atoms with E-state index in [4.69, 9.17) is 4.98 Å². The van der Waals surface area contributed by atoms with Gasteiger partial charge in [-0.05, 0) is 68.0 Å². The van der Waals surface area contributed by atoms with E-state index >= 15 is 0 Å². The molecule has 0 N–H and O–H groups in total. The van der Waals surface area contributed by atoms with Crippen molar-refractivity contribution < 1.29 is 0 Å². The van der Waals surface area contributed by atoms with Crippen LogP contribution in [0.1, 0.15) is 36.1 Å². The summed E-state index contributed by atoms with van der Waals surface area (Å²) in [7, 11) is 0. The molecule has 2 aromatic carbocycles. The van der Waals surface area contributed by atoms with Crippen molar-refractivity contribution in [3.63, 3.8) is 0 Å². The lowest BCUT2D eigenvalue weighted by atomic mass is 9.97. The van der Waals surface area contributed by atoms with Crippen LogP contribution in [0.15, 0.2) is 42.5 Å². The third-order valence-electron chi connectivity index (χ3n) is 4.49. The van der Waals surface area contributed by atoms with E-state index in [0.29, 0.717) is 5.92 Å². The maximum absolute atomic E-state index is 4.96. The molecule has 3 rings (SSSR count). The van der Waals surface area contributed by atoms with Gasteiger partial charge in [-0.3, -0.25) is 0 Å². The zero-order valence-corrected chi connectivity index (χ0v) is 14.8. The van der Waals surface area contributed by atoms with Gasteiger partial charge in [0, 0.05) is 10.9 Å². The molecule has 0 bridgehead atoms. The predicted molar refractivity (Wildman–Crippen MR) is 99.9 cm³/mol. The first kappa shape index (κ1) is 15.7. The normalized spacial score (nSPS) is 11.4. The van der Waals surface area contributed by atoms with Gasteiger partial charge in [-0.2, -0.15) is 0 Å². The van der Waals surface area contributed by atoms with Gasteiger partial charge in [-0.1, -0.05) is 43.7 Å². The highest BCUT2D eigenvalue weighted by atomic mass is 14.7. The van der Waals surface area contributed by atoms with Crippen LogP contribution in [-0.2, 0) is 6.42 Å². The van der Waals surface area contributed by atoms with E-state index in [1.54, 1.807) is 0 Å². The van der Waals surface area contributed by atoms with Crippen molar-refractivity contribution in [2.45, 2.75) is 41.0 Å². The molecule has 0 radical (unpaired) electrons. The zero-order chi connectivity index (χ0) is 16.6. The lowest BCUT2D eigenvalue weighted by Gasteiger charge is -2.12. The quantitative estimate of drug-likeness (QED) is 0.576. The van der Waals surface area contributed by atoms with Crippen molar-refractivity contribution >= 4 is 10.9 Å². The van der Waals surface area contributed by atoms with E-state index in [2.05, 4.69) is 77.1 Å². The SMILES string of the molecule is Cc1cc(C)c(C)c(-c2ccc3ccc(CC(C)C)cc3n2)c1. The molecule has 0 aliphatic carbocycles. The van der Waals surface area contributed by atoms with Crippen LogP contribution in [0.25, 0.3) is 22.2 Å². The third kappa shape index (κ3) is 3.29. The van der Waals surface area contributed by atoms with Gasteiger partial charge in [0.15, 0.2) is 0 Å². The summed E-state index contributed by atoms with van der Waals surface area (Å²) in [5.41, 5.74) is 8.73. The van der Waals surface area contributed by atoms with Gasteiger partial charge in [0.05, 0.1) is 11.2 Å². The first-order valence-electron chi connectivity index (χ1n) is 8.42. The molecule has 0 aliphatic heterocycles. The molecule has 1 aromatic heterocycles. The van der Waals surface area contributed by atoms with Gasteiger partial charge in [0.1, 0.15) is 0 Å². The van der Waals surface area contributed by atoms with E-state index in [-0.39, 0.29) is 0 Å². The fraction of sp³-hybridized carbons (Fsp3) is 0.318. The van der Waals surface area contributed by atoms with Crippen LogP contribution in [-0.4, -0.2) is 4.98 Å². The Kier molecular flexibility index (Phi) is 4.21. The molecule has 0 aliphatic rings. The Labute approximate surface area is 139 Å². The summed E-state index contributed by atoms with van der Waals surface area (Å²) in [5.74, 6) is 0.664. The summed E-state index contributed by atoms with van der Waals surface area (Å²) in [6.45, 7) is 11.0. The fourth-order valence-corrected chi connectivity index (χ4v) is 3.22. The Balaban J connectivity index is 2.12. The molecule has 3 aromatic rings. The molecule has 0 saturated heterocycles. The molecule has 0 unspecified atom stereocenters. The number of nitrogens with zero attached hydrogens (tertiary/aromatic N) is 1. The second kappa shape index (κ2) is 6.16. The van der Waals surface area contributed by atoms with Crippen molar-refractivity contribution in [2.75, 3.05) is 0 Å². The zero-order valence-electron chi connectivity index (χ0n) is 14.8. The second-order valence-electron chi connectivity index (χ2n) is 7.08. The van der Waals surface area contributed by atoms with Gasteiger partial charge in [-0.25, -0.2) is 4.98 Å². The van der Waals surface area contributed by atoms with Gasteiger partial charge >= 0.3 is 0 Å². The second-order valence-corrected chi connectivity index (χ2v) is 7.08. The number of pyridine rings is 1. The molecule has 1 nitrogen and oxygen atoms in total. The highest BCUT2D eigenvalue weighted by Crippen LogP contribution is 2.28. The molecule has 0 atom stereocenters. The Morgan fingerprint density at radius 3 is 2.39 bits per heavy atom. The van der Waals surface area contributed by atoms with Gasteiger partial charge < -0.3 is 0 Å². The highest BCUT2D eigenvalue weighted by Gasteiger charge is 2.08. The summed E-state index contributed by atoms with van der Waals surface area (Å²) in [6, 6.07) is 15.5. The minimum atomic E-state index is 0.664. The van der Waals surface area contributed by atoms with Crippen LogP contribution in [0, 0.1) is 26.7 Å². The topological polar surface area (TPSA) is 12.9 Å². The number of aromatic nitrogens is 1. The monoisotopic (exact) mass is 303 g/mol. The number of benzene rings is 2. The Bertz CT molecular complexity index is 859. The maximum Gasteiger partial charge on any atom is 0.0712 e. The van der Waals surface area contributed by atoms with E-state index in [0.717, 1.165) is 17.6 Å². The number of rotatable bonds is 3. The number of hydrogen-bond acceptors (Lipinski definition) is 1. The molecule has 0 fully saturated rings. The maximum atomic E-state index is 4.96. The average Bonchev–Trinajstić information content (AvgIpc) is 2.49. The van der Waals surface area contributed by atoms with Crippen molar-refractivity contribution in [3.05, 3.63) is 64.7 Å². The summed E-state index contributed by atoms with van der Waals surface area (Å²) >= 11 is 0. The van der Waals surface area contributed by atoms with Crippen LogP contribution < -0.4 is 0 Å². The third-order valence-corrected chi connectivity index (χ3v) is 4.49. The smallest absolute Gasteiger partial charge is 0.0712 e. The van der Waals surface area contributed by atoms with E-state index in [1.807, 2.05) is 0 Å². The minimum absolute atomic E-state index is 0.664. The summed E-state index contributed by atoms with van der Waals surface area (Å²) < 4.78 is 0. The van der Waals surface area contributed by atoms with Gasteiger partial charge in [0.2, 0.25) is 0 Å². The molecule has 0 spiro atoms. The first-order valence-corrected chi connectivity index (χ1v) is 8.42. The van der Waals surface area contributed by atoms with Crippen LogP contribution in [0.5, 0.6) is 0 Å². The number of aryl methyl sites for hydroxylation is 2. The Morgan fingerprint density at radius 2 is 1.65 bits per heavy atom. The summed E-state index contributed by atoms with van der Waals surface area (Å²) in [5, 5.41) is 1.21. The molecular weight excluding hydrogens is 278 g/mol. The molecule has 1 heterocycles. The molecule has 23 heavy (non-hydrogen) atoms. The number of fused-ring (bicyclic) bond motifs is 1. The standard InChI is InChI=1S/C22H25N/c1-14(2)10-18-6-7-19-8-9-21(23-22(19)13-18)20-12-15(3)11-16(4)17(20)5/h6-9,11-14H,10H2,1-5H3. The van der Waals surface area contributed by atoms with Crippen LogP contribution in [0.4, 0.5) is 0 Å². The van der Waals surface area contributed by atoms with Gasteiger partial charge in [-0.15, -0.1) is 0 Å². The molecule has 0 amide bonds. The van der Waals surface area contributed by atoms with Crippen molar-refractivity contribution in [2.24, 2.45) is 5.92 Å². The van der Waals surface area contributed by atoms with Crippen LogP contribution in [0.3, 0.4) is 0 Å².